The summed E-state index contributed by atoms with van der Waals surface area (Å²) in [7, 11) is -1.41. The molecule has 2 aliphatic rings. The normalized spacial score (nSPS) is 11.5. The molecule has 0 bridgehead atoms. The molecule has 0 saturated carbocycles. The van der Waals surface area contributed by atoms with Crippen molar-refractivity contribution in [2.45, 2.75) is 60.4 Å². The zero-order valence-electron chi connectivity index (χ0n) is 46.1. The molecule has 2 aliphatic heterocycles. The highest BCUT2D eigenvalue weighted by Crippen LogP contribution is 2.52. The van der Waals surface area contributed by atoms with Crippen LogP contribution in [0.3, 0.4) is 0 Å². The molecule has 0 atom stereocenters. The van der Waals surface area contributed by atoms with E-state index in [1.807, 2.05) is 47.8 Å². The molecule has 2 heterocycles. The summed E-state index contributed by atoms with van der Waals surface area (Å²) >= 11 is 9.35. The Balaban J connectivity index is 0.000000144. The first-order valence-electron chi connectivity index (χ1n) is 27.6. The predicted octanol–water partition coefficient (Wildman–Crippen LogP) is 21.8. The predicted molar refractivity (Wildman–Crippen MR) is 373 cm³/mol. The lowest BCUT2D eigenvalue weighted by Gasteiger charge is -2.26. The summed E-state index contributed by atoms with van der Waals surface area (Å²) in [6, 6.07) is 103. The highest BCUT2D eigenvalue weighted by Gasteiger charge is 2.25. The zero-order chi connectivity index (χ0) is 57.4. The van der Waals surface area contributed by atoms with Crippen LogP contribution < -0.4 is 15.3 Å². The molecule has 10 heteroatoms. The molecule has 0 fully saturated rings. The van der Waals surface area contributed by atoms with E-state index in [2.05, 4.69) is 307 Å². The summed E-state index contributed by atoms with van der Waals surface area (Å²) in [4.78, 5) is 14.4. The Bertz CT molecular complexity index is 4210. The summed E-state index contributed by atoms with van der Waals surface area (Å²) in [5.74, 6) is 0. The fourth-order valence-electron chi connectivity index (χ4n) is 10.2. The molecule has 0 amide bonds. The van der Waals surface area contributed by atoms with Crippen molar-refractivity contribution in [1.82, 2.24) is 0 Å². The summed E-state index contributed by atoms with van der Waals surface area (Å²) in [5.41, 5.74) is 17.4. The molecule has 0 aromatic heterocycles. The van der Waals surface area contributed by atoms with Gasteiger partial charge in [0.25, 0.3) is 0 Å². The zero-order valence-corrected chi connectivity index (χ0v) is 51.5. The summed E-state index contributed by atoms with van der Waals surface area (Å²) in [6.45, 7) is 4.27. The second-order valence-electron chi connectivity index (χ2n) is 20.2. The fraction of sp³-hybridized carbons (Fsp3) is 0.0400. The van der Waals surface area contributed by atoms with Crippen LogP contribution in [0.1, 0.15) is 18.6 Å². The topological polar surface area (TPSA) is 46.9 Å². The number of aryl methyl sites for hydroxylation is 2. The van der Waals surface area contributed by atoms with E-state index in [0.717, 1.165) is 43.1 Å². The lowest BCUT2D eigenvalue weighted by atomic mass is 9.80. The van der Waals surface area contributed by atoms with Gasteiger partial charge in [-0.05, 0) is 208 Å². The van der Waals surface area contributed by atoms with Crippen LogP contribution in [-0.4, -0.2) is 17.2 Å². The van der Waals surface area contributed by atoms with Crippen molar-refractivity contribution in [3.63, 3.8) is 0 Å². The van der Waals surface area contributed by atoms with Gasteiger partial charge in [0.15, 0.2) is 0 Å². The Kier molecular flexibility index (Phi) is 19.2. The van der Waals surface area contributed by atoms with E-state index in [1.165, 1.54) is 78.2 Å². The number of halogens is 1. The SMILES string of the molecule is C.Cc1cccc(N(c2ccccc2)c2ccc(-c3ccc(-c4cccc5c4Sc4ccccc4S5)cc3)cc2)c1.Cc1cccc(N(c2ccccc2)c2ccc(-c3ccc(I)cc3)cc2)c1.OB(O)c1cccc2c1Sc1ccccc1S2. The molecule has 2 N–H and O–H groups in total. The second kappa shape index (κ2) is 27.6. The van der Waals surface area contributed by atoms with E-state index >= 15 is 0 Å². The van der Waals surface area contributed by atoms with Gasteiger partial charge in [-0.2, -0.15) is 0 Å². The van der Waals surface area contributed by atoms with Crippen molar-refractivity contribution in [1.29, 1.82) is 0 Å². The molecule has 12 aromatic carbocycles. The third-order valence-corrected chi connectivity index (χ3v) is 20.3. The van der Waals surface area contributed by atoms with Gasteiger partial charge < -0.3 is 19.8 Å². The monoisotopic (exact) mass is 1290 g/mol. The van der Waals surface area contributed by atoms with Crippen LogP contribution in [0, 0.1) is 17.4 Å². The van der Waals surface area contributed by atoms with Crippen LogP contribution in [0.4, 0.5) is 34.1 Å². The van der Waals surface area contributed by atoms with Gasteiger partial charge in [-0.15, -0.1) is 0 Å². The number of rotatable bonds is 10. The molecule has 85 heavy (non-hydrogen) atoms. The Labute approximate surface area is 531 Å². The Morgan fingerprint density at radius 1 is 0.306 bits per heavy atom. The minimum absolute atomic E-state index is 0. The maximum Gasteiger partial charge on any atom is 0.489 e. The largest absolute Gasteiger partial charge is 0.489 e. The van der Waals surface area contributed by atoms with Gasteiger partial charge >= 0.3 is 7.12 Å². The van der Waals surface area contributed by atoms with E-state index < -0.39 is 7.12 Å². The van der Waals surface area contributed by atoms with Crippen molar-refractivity contribution in [3.05, 3.63) is 306 Å². The molecule has 0 radical (unpaired) electrons. The molecule has 0 spiro atoms. The quantitative estimate of drug-likeness (QED) is 0.104. The third kappa shape index (κ3) is 13.9. The third-order valence-electron chi connectivity index (χ3n) is 14.3. The van der Waals surface area contributed by atoms with E-state index in [0.29, 0.717) is 5.46 Å². The minimum Gasteiger partial charge on any atom is -0.423 e. The van der Waals surface area contributed by atoms with Crippen molar-refractivity contribution >= 4 is 116 Å². The number of hydrogen-bond donors (Lipinski definition) is 2. The molecule has 0 saturated heterocycles. The van der Waals surface area contributed by atoms with Crippen LogP contribution in [0.5, 0.6) is 0 Å². The average Bonchev–Trinajstić information content (AvgIpc) is 2.77. The molecule has 14 rings (SSSR count). The number of fused-ring (bicyclic) bond motifs is 4. The van der Waals surface area contributed by atoms with Crippen molar-refractivity contribution in [3.8, 4) is 33.4 Å². The number of nitrogens with zero attached hydrogens (tertiary/aromatic N) is 2. The molecule has 12 aromatic rings. The van der Waals surface area contributed by atoms with Crippen LogP contribution in [-0.2, 0) is 0 Å². The Morgan fingerprint density at radius 2 is 0.635 bits per heavy atom. The summed E-state index contributed by atoms with van der Waals surface area (Å²) in [5, 5.41) is 18.7. The standard InChI is InChI=1S/C37H27NS2.C25H20IN.C12H9BO2S2.CH4/c1-26-9-7-12-32(25-26)38(30-10-3-2-4-11-30)31-23-21-28(22-24-31)27-17-19-29(20-18-27)33-13-8-16-36-37(33)40-35-15-6-5-14-34(35)39-36;1-19-6-5-9-25(18-19)27(23-7-3-2-4-8-23)24-16-12-21(13-17-24)20-10-14-22(26)15-11-20;14-13(15)8-4-3-7-11-12(8)17-10-6-2-1-5-9(10)16-11;/h2-25H,1H3;2-18H,1H3;1-7,14-15H;1H4. The summed E-state index contributed by atoms with van der Waals surface area (Å²) in [6.07, 6.45) is 0. The van der Waals surface area contributed by atoms with Crippen molar-refractivity contribution < 1.29 is 10.0 Å². The first-order chi connectivity index (χ1) is 41.2. The number of hydrogen-bond acceptors (Lipinski definition) is 8. The lowest BCUT2D eigenvalue weighted by molar-refractivity contribution is 0.424. The van der Waals surface area contributed by atoms with E-state index in [4.69, 9.17) is 0 Å². The average molecular weight is 1290 g/mol. The first kappa shape index (κ1) is 59.1. The van der Waals surface area contributed by atoms with E-state index in [-0.39, 0.29) is 7.43 Å². The number of anilines is 6. The van der Waals surface area contributed by atoms with Crippen LogP contribution in [0.25, 0.3) is 33.4 Å². The van der Waals surface area contributed by atoms with E-state index in [9.17, 15) is 10.0 Å². The highest BCUT2D eigenvalue weighted by molar-refractivity contribution is 14.1. The summed E-state index contributed by atoms with van der Waals surface area (Å²) < 4.78 is 1.25. The Morgan fingerprint density at radius 3 is 1.08 bits per heavy atom. The number of para-hydroxylation sites is 2. The van der Waals surface area contributed by atoms with Crippen LogP contribution in [0.2, 0.25) is 0 Å². The van der Waals surface area contributed by atoms with Gasteiger partial charge in [0.1, 0.15) is 0 Å². The van der Waals surface area contributed by atoms with Gasteiger partial charge in [-0.3, -0.25) is 0 Å². The van der Waals surface area contributed by atoms with Crippen LogP contribution in [0.15, 0.2) is 330 Å². The van der Waals surface area contributed by atoms with Crippen molar-refractivity contribution in [2.75, 3.05) is 9.80 Å². The van der Waals surface area contributed by atoms with Gasteiger partial charge in [0.2, 0.25) is 0 Å². The smallest absolute Gasteiger partial charge is 0.423 e. The fourth-order valence-corrected chi connectivity index (χ4v) is 15.4. The molecule has 4 nitrogen and oxygen atoms in total. The second-order valence-corrected chi connectivity index (χ2v) is 25.7. The lowest BCUT2D eigenvalue weighted by Crippen LogP contribution is -2.32. The van der Waals surface area contributed by atoms with Gasteiger partial charge in [0.05, 0.1) is 0 Å². The van der Waals surface area contributed by atoms with Crippen LogP contribution >= 0.6 is 69.6 Å². The molecular weight excluding hydrogens is 1230 g/mol. The maximum absolute atomic E-state index is 9.36. The molecule has 416 valence electrons. The maximum atomic E-state index is 9.36. The van der Waals surface area contributed by atoms with Gasteiger partial charge in [-0.25, -0.2) is 0 Å². The molecule has 0 aliphatic carbocycles. The highest BCUT2D eigenvalue weighted by atomic mass is 127. The Hall–Kier alpha value is -7.65. The van der Waals surface area contributed by atoms with Gasteiger partial charge in [0, 0.05) is 76.9 Å². The van der Waals surface area contributed by atoms with E-state index in [1.54, 1.807) is 29.6 Å². The molecule has 0 unspecified atom stereocenters. The minimum atomic E-state index is -1.41. The van der Waals surface area contributed by atoms with Crippen molar-refractivity contribution in [2.24, 2.45) is 0 Å². The van der Waals surface area contributed by atoms with Gasteiger partial charge in [-0.1, -0.05) is 224 Å². The molecular formula is C75H60BIN2O2S4. The number of benzene rings is 12. The first-order valence-corrected chi connectivity index (χ1v) is 32.0.